The van der Waals surface area contributed by atoms with Crippen LogP contribution in [-0.4, -0.2) is 45.1 Å². The molecule has 0 spiro atoms. The van der Waals surface area contributed by atoms with Gasteiger partial charge in [-0.15, -0.1) is 0 Å². The molecule has 26 heavy (non-hydrogen) atoms. The highest BCUT2D eigenvalue weighted by Crippen LogP contribution is 2.39. The fourth-order valence-corrected chi connectivity index (χ4v) is 2.90. The van der Waals surface area contributed by atoms with E-state index in [2.05, 4.69) is 31.9 Å². The monoisotopic (exact) mass is 490 g/mol. The first-order valence-corrected chi connectivity index (χ1v) is 9.49. The third kappa shape index (κ3) is 6.14. The summed E-state index contributed by atoms with van der Waals surface area (Å²) in [5, 5.41) is 0. The van der Waals surface area contributed by atoms with Crippen LogP contribution in [0.15, 0.2) is 45.3 Å². The largest absolute Gasteiger partial charge is 0.487 e. The van der Waals surface area contributed by atoms with Gasteiger partial charge in [-0.1, -0.05) is 31.9 Å². The van der Waals surface area contributed by atoms with Crippen molar-refractivity contribution < 1.29 is 29.2 Å². The van der Waals surface area contributed by atoms with Crippen molar-refractivity contribution in [2.75, 3.05) is 39.6 Å². The maximum absolute atomic E-state index is 6.09. The van der Waals surface area contributed by atoms with Gasteiger partial charge in [0.05, 0.1) is 26.4 Å². The maximum atomic E-state index is 6.09. The first-order valence-electron chi connectivity index (χ1n) is 7.90. The summed E-state index contributed by atoms with van der Waals surface area (Å²) < 4.78 is 30.4. The van der Waals surface area contributed by atoms with Gasteiger partial charge >= 0.3 is 0 Å². The van der Waals surface area contributed by atoms with Gasteiger partial charge in [-0.05, 0) is 36.4 Å². The van der Waals surface area contributed by atoms with E-state index in [1.807, 2.05) is 36.4 Å². The van der Waals surface area contributed by atoms with E-state index < -0.39 is 0 Å². The van der Waals surface area contributed by atoms with Crippen molar-refractivity contribution in [3.05, 3.63) is 45.3 Å². The zero-order valence-corrected chi connectivity index (χ0v) is 17.2. The van der Waals surface area contributed by atoms with Crippen molar-refractivity contribution in [3.8, 4) is 23.0 Å². The van der Waals surface area contributed by atoms with Crippen LogP contribution in [0.2, 0.25) is 0 Å². The third-order valence-corrected chi connectivity index (χ3v) is 4.36. The molecule has 0 aliphatic carbocycles. The SMILES string of the molecule is Brc1ccc2c(c1)Oc1cc(Br)ccc1OCCOCCOCCO2.O. The van der Waals surface area contributed by atoms with Crippen LogP contribution in [0.1, 0.15) is 0 Å². The highest BCUT2D eigenvalue weighted by atomic mass is 79.9. The summed E-state index contributed by atoms with van der Waals surface area (Å²) in [7, 11) is 0. The molecule has 0 aromatic heterocycles. The number of ether oxygens (including phenoxy) is 5. The fourth-order valence-electron chi connectivity index (χ4n) is 2.22. The summed E-state index contributed by atoms with van der Waals surface area (Å²) in [6, 6.07) is 11.3. The van der Waals surface area contributed by atoms with Crippen LogP contribution in [0.3, 0.4) is 0 Å². The number of benzene rings is 2. The van der Waals surface area contributed by atoms with Crippen molar-refractivity contribution in [2.45, 2.75) is 0 Å². The molecule has 2 N–H and O–H groups in total. The Kier molecular flexibility index (Phi) is 8.67. The average Bonchev–Trinajstić information content (AvgIpc) is 2.60. The molecule has 3 rings (SSSR count). The number of rotatable bonds is 0. The van der Waals surface area contributed by atoms with Crippen LogP contribution < -0.4 is 14.2 Å². The van der Waals surface area contributed by atoms with Crippen molar-refractivity contribution in [2.24, 2.45) is 0 Å². The van der Waals surface area contributed by atoms with Crippen molar-refractivity contribution in [1.82, 2.24) is 0 Å². The molecular formula is C18H20Br2O6. The zero-order valence-electron chi connectivity index (χ0n) is 14.0. The summed E-state index contributed by atoms with van der Waals surface area (Å²) >= 11 is 6.94. The van der Waals surface area contributed by atoms with E-state index in [9.17, 15) is 0 Å². The minimum atomic E-state index is 0. The first kappa shape index (κ1) is 21.0. The number of halogens is 2. The van der Waals surface area contributed by atoms with Crippen LogP contribution in [0.4, 0.5) is 0 Å². The molecule has 2 aromatic rings. The predicted octanol–water partition coefficient (Wildman–Crippen LogP) is 3.98. The van der Waals surface area contributed by atoms with E-state index in [1.54, 1.807) is 0 Å². The number of fused-ring (bicyclic) bond motifs is 2. The summed E-state index contributed by atoms with van der Waals surface area (Å²) in [6.07, 6.45) is 0. The van der Waals surface area contributed by atoms with E-state index in [4.69, 9.17) is 23.7 Å². The standard InChI is InChI=1S/C18H18Br2O5.H2O/c19-13-1-3-15-17(11-13)25-18-12-14(20)2-4-16(18)24-10-8-22-6-5-21-7-9-23-15;/h1-4,11-12H,5-10H2;1H2. The van der Waals surface area contributed by atoms with Crippen LogP contribution in [0.25, 0.3) is 0 Å². The molecule has 1 aliphatic rings. The molecule has 0 saturated heterocycles. The summed E-state index contributed by atoms with van der Waals surface area (Å²) in [5.74, 6) is 2.49. The molecule has 0 amide bonds. The van der Waals surface area contributed by atoms with E-state index in [0.29, 0.717) is 62.6 Å². The van der Waals surface area contributed by atoms with Gasteiger partial charge in [0.15, 0.2) is 23.0 Å². The maximum Gasteiger partial charge on any atom is 0.170 e. The zero-order chi connectivity index (χ0) is 17.5. The molecule has 0 fully saturated rings. The third-order valence-electron chi connectivity index (χ3n) is 3.37. The lowest BCUT2D eigenvalue weighted by Crippen LogP contribution is -2.13. The van der Waals surface area contributed by atoms with Crippen LogP contribution >= 0.6 is 31.9 Å². The Bertz CT molecular complexity index is 651. The Morgan fingerprint density at radius 1 is 0.577 bits per heavy atom. The van der Waals surface area contributed by atoms with Gasteiger partial charge in [-0.3, -0.25) is 0 Å². The molecular weight excluding hydrogens is 472 g/mol. The van der Waals surface area contributed by atoms with Gasteiger partial charge in [0.2, 0.25) is 0 Å². The Morgan fingerprint density at radius 2 is 1.00 bits per heavy atom. The molecule has 0 unspecified atom stereocenters. The molecule has 142 valence electrons. The van der Waals surface area contributed by atoms with Gasteiger partial charge < -0.3 is 29.2 Å². The molecule has 0 saturated carbocycles. The Morgan fingerprint density at radius 3 is 1.46 bits per heavy atom. The second-order valence-electron chi connectivity index (χ2n) is 5.21. The Labute approximate surface area is 168 Å². The average molecular weight is 492 g/mol. The van der Waals surface area contributed by atoms with E-state index in [-0.39, 0.29) is 5.48 Å². The van der Waals surface area contributed by atoms with E-state index >= 15 is 0 Å². The normalized spacial score (nSPS) is 15.5. The molecule has 1 aliphatic heterocycles. The molecule has 1 heterocycles. The van der Waals surface area contributed by atoms with Crippen LogP contribution in [0.5, 0.6) is 23.0 Å². The quantitative estimate of drug-likeness (QED) is 0.556. The van der Waals surface area contributed by atoms with Gasteiger partial charge in [-0.2, -0.15) is 0 Å². The van der Waals surface area contributed by atoms with Gasteiger partial charge in [-0.25, -0.2) is 0 Å². The first-order chi connectivity index (χ1) is 12.2. The molecule has 0 radical (unpaired) electrons. The molecule has 0 atom stereocenters. The molecule has 8 heteroatoms. The van der Waals surface area contributed by atoms with Gasteiger partial charge in [0.25, 0.3) is 0 Å². The molecule has 2 aromatic carbocycles. The number of hydrogen-bond donors (Lipinski definition) is 0. The van der Waals surface area contributed by atoms with Crippen LogP contribution in [-0.2, 0) is 9.47 Å². The summed E-state index contributed by atoms with van der Waals surface area (Å²) in [6.45, 7) is 2.88. The smallest absolute Gasteiger partial charge is 0.170 e. The molecule has 0 bridgehead atoms. The van der Waals surface area contributed by atoms with Crippen molar-refractivity contribution in [1.29, 1.82) is 0 Å². The minimum Gasteiger partial charge on any atom is -0.487 e. The van der Waals surface area contributed by atoms with Crippen LogP contribution in [0, 0.1) is 0 Å². The Balaban J connectivity index is 0.00000243. The lowest BCUT2D eigenvalue weighted by Gasteiger charge is -2.15. The van der Waals surface area contributed by atoms with Gasteiger partial charge in [0.1, 0.15) is 13.2 Å². The fraction of sp³-hybridized carbons (Fsp3) is 0.333. The van der Waals surface area contributed by atoms with Gasteiger partial charge in [0, 0.05) is 8.95 Å². The highest BCUT2D eigenvalue weighted by Gasteiger charge is 2.13. The topological polar surface area (TPSA) is 77.7 Å². The molecule has 6 nitrogen and oxygen atoms in total. The van der Waals surface area contributed by atoms with E-state index in [0.717, 1.165) is 8.95 Å². The minimum absolute atomic E-state index is 0. The number of hydrogen-bond acceptors (Lipinski definition) is 5. The Hall–Kier alpha value is -1.32. The van der Waals surface area contributed by atoms with E-state index in [1.165, 1.54) is 0 Å². The second kappa shape index (κ2) is 10.7. The van der Waals surface area contributed by atoms with Crippen molar-refractivity contribution in [3.63, 3.8) is 0 Å². The van der Waals surface area contributed by atoms with Crippen molar-refractivity contribution >= 4 is 31.9 Å². The second-order valence-corrected chi connectivity index (χ2v) is 7.04. The lowest BCUT2D eigenvalue weighted by atomic mass is 10.3. The summed E-state index contributed by atoms with van der Waals surface area (Å²) in [4.78, 5) is 0. The lowest BCUT2D eigenvalue weighted by molar-refractivity contribution is 0.0275. The predicted molar refractivity (Wildman–Crippen MR) is 105 cm³/mol. The highest BCUT2D eigenvalue weighted by molar-refractivity contribution is 9.10. The summed E-state index contributed by atoms with van der Waals surface area (Å²) in [5.41, 5.74) is 0.